The van der Waals surface area contributed by atoms with E-state index >= 15 is 0 Å². The van der Waals surface area contributed by atoms with Crippen molar-refractivity contribution in [2.45, 2.75) is 74.7 Å². The lowest BCUT2D eigenvalue weighted by Crippen LogP contribution is -2.43. The van der Waals surface area contributed by atoms with Gasteiger partial charge < -0.3 is 0 Å². The summed E-state index contributed by atoms with van der Waals surface area (Å²) in [6.07, 6.45) is 6.81. The fourth-order valence-electron chi connectivity index (χ4n) is 5.43. The van der Waals surface area contributed by atoms with Crippen molar-refractivity contribution in [2.24, 2.45) is 0 Å². The highest BCUT2D eigenvalue weighted by atomic mass is 32.2. The van der Waals surface area contributed by atoms with E-state index in [-0.39, 0.29) is 11.0 Å². The molecular formula is C27H30N2OS. The van der Waals surface area contributed by atoms with Gasteiger partial charge in [-0.1, -0.05) is 99.5 Å². The van der Waals surface area contributed by atoms with Crippen molar-refractivity contribution in [3.63, 3.8) is 0 Å². The monoisotopic (exact) mass is 430 g/mol. The van der Waals surface area contributed by atoms with E-state index in [1.165, 1.54) is 24.8 Å². The third-order valence-corrected chi connectivity index (χ3v) is 7.80. The van der Waals surface area contributed by atoms with Crippen LogP contribution in [-0.2, 0) is 18.4 Å². The molecule has 4 heteroatoms. The average molecular weight is 431 g/mol. The molecule has 0 unspecified atom stereocenters. The molecule has 2 aliphatic rings. The number of thioether (sulfide) groups is 1. The third kappa shape index (κ3) is 3.76. The molecule has 0 amide bonds. The Labute approximate surface area is 188 Å². The molecule has 0 radical (unpaired) electrons. The lowest BCUT2D eigenvalue weighted by Gasteiger charge is -2.42. The van der Waals surface area contributed by atoms with Crippen LogP contribution in [-0.4, -0.2) is 14.8 Å². The van der Waals surface area contributed by atoms with E-state index < -0.39 is 0 Å². The minimum Gasteiger partial charge on any atom is -0.283 e. The second kappa shape index (κ2) is 8.31. The van der Waals surface area contributed by atoms with Gasteiger partial charge in [0.05, 0.1) is 17.8 Å². The Kier molecular flexibility index (Phi) is 5.51. The van der Waals surface area contributed by atoms with Crippen LogP contribution >= 0.6 is 11.8 Å². The van der Waals surface area contributed by atoms with Gasteiger partial charge in [0, 0.05) is 16.2 Å². The summed E-state index contributed by atoms with van der Waals surface area (Å²) in [7, 11) is 0. The maximum atomic E-state index is 14.2. The summed E-state index contributed by atoms with van der Waals surface area (Å²) >= 11 is 1.69. The Balaban J connectivity index is 1.76. The maximum Gasteiger partial charge on any atom is 0.258 e. The van der Waals surface area contributed by atoms with Gasteiger partial charge in [-0.3, -0.25) is 9.36 Å². The van der Waals surface area contributed by atoms with Crippen LogP contribution in [0.25, 0.3) is 11.3 Å². The summed E-state index contributed by atoms with van der Waals surface area (Å²) in [5.74, 6) is 0. The number of hydrogen-bond acceptors (Lipinski definition) is 3. The van der Waals surface area contributed by atoms with Gasteiger partial charge in [0.2, 0.25) is 0 Å². The Bertz CT molecular complexity index is 1140. The summed E-state index contributed by atoms with van der Waals surface area (Å²) in [6, 6.07) is 18.9. The zero-order valence-corrected chi connectivity index (χ0v) is 19.3. The molecule has 0 atom stereocenters. The first-order valence-electron chi connectivity index (χ1n) is 11.5. The summed E-state index contributed by atoms with van der Waals surface area (Å²) in [6.45, 7) is 4.91. The molecular weight excluding hydrogens is 400 g/mol. The summed E-state index contributed by atoms with van der Waals surface area (Å²) in [5.41, 5.74) is 5.69. The number of aromatic nitrogens is 2. The highest BCUT2D eigenvalue weighted by Crippen LogP contribution is 2.48. The van der Waals surface area contributed by atoms with E-state index in [1.807, 2.05) is 22.8 Å². The number of benzene rings is 2. The number of fused-ring (bicyclic) bond motifs is 4. The first kappa shape index (κ1) is 20.6. The second-order valence-corrected chi connectivity index (χ2v) is 10.9. The van der Waals surface area contributed by atoms with Gasteiger partial charge in [-0.25, -0.2) is 4.98 Å². The molecule has 0 N–H and O–H groups in total. The van der Waals surface area contributed by atoms with Crippen LogP contribution in [0, 0.1) is 0 Å². The molecule has 31 heavy (non-hydrogen) atoms. The van der Waals surface area contributed by atoms with E-state index in [9.17, 15) is 4.79 Å². The van der Waals surface area contributed by atoms with Crippen LogP contribution in [0.15, 0.2) is 64.5 Å². The Hall–Kier alpha value is -2.33. The van der Waals surface area contributed by atoms with Crippen molar-refractivity contribution in [1.82, 2.24) is 9.55 Å². The summed E-state index contributed by atoms with van der Waals surface area (Å²) in [4.78, 5) is 19.4. The lowest BCUT2D eigenvalue weighted by atomic mass is 9.62. The van der Waals surface area contributed by atoms with Crippen molar-refractivity contribution in [3.05, 3.63) is 81.6 Å². The first-order valence-corrected chi connectivity index (χ1v) is 12.4. The van der Waals surface area contributed by atoms with E-state index in [0.29, 0.717) is 11.8 Å². The minimum absolute atomic E-state index is 0.0640. The average Bonchev–Trinajstić information content (AvgIpc) is 2.77. The van der Waals surface area contributed by atoms with E-state index in [0.717, 1.165) is 46.8 Å². The number of nitrogens with zero attached hydrogens (tertiary/aromatic N) is 2. The number of hydrogen-bond donors (Lipinski definition) is 0. The van der Waals surface area contributed by atoms with Crippen LogP contribution in [0.5, 0.6) is 0 Å². The van der Waals surface area contributed by atoms with Crippen molar-refractivity contribution >= 4 is 11.8 Å². The third-order valence-electron chi connectivity index (χ3n) is 6.80. The van der Waals surface area contributed by atoms with Gasteiger partial charge in [0.15, 0.2) is 5.16 Å². The van der Waals surface area contributed by atoms with E-state index in [4.69, 9.17) is 4.98 Å². The Morgan fingerprint density at radius 1 is 1.00 bits per heavy atom. The summed E-state index contributed by atoms with van der Waals surface area (Å²) in [5, 5.41) is 1.19. The molecule has 5 rings (SSSR count). The predicted octanol–water partition coefficient (Wildman–Crippen LogP) is 6.22. The van der Waals surface area contributed by atoms with Crippen LogP contribution in [0.4, 0.5) is 0 Å². The Morgan fingerprint density at radius 3 is 2.45 bits per heavy atom. The quantitative estimate of drug-likeness (QED) is 0.364. The summed E-state index contributed by atoms with van der Waals surface area (Å²) < 4.78 is 1.95. The molecule has 1 aromatic heterocycles. The number of rotatable bonds is 4. The predicted molar refractivity (Wildman–Crippen MR) is 129 cm³/mol. The van der Waals surface area contributed by atoms with Crippen LogP contribution < -0.4 is 5.56 Å². The first-order chi connectivity index (χ1) is 15.1. The van der Waals surface area contributed by atoms with Gasteiger partial charge in [-0.05, 0) is 30.4 Å². The molecule has 1 fully saturated rings. The maximum absolute atomic E-state index is 14.2. The molecule has 3 aromatic rings. The molecule has 160 valence electrons. The molecule has 0 saturated heterocycles. The largest absolute Gasteiger partial charge is 0.283 e. The normalized spacial score (nSPS) is 16.9. The van der Waals surface area contributed by atoms with Crippen molar-refractivity contribution in [2.75, 3.05) is 0 Å². The van der Waals surface area contributed by atoms with Crippen LogP contribution in [0.1, 0.15) is 62.6 Å². The van der Waals surface area contributed by atoms with Crippen molar-refractivity contribution in [1.29, 1.82) is 0 Å². The van der Waals surface area contributed by atoms with Crippen molar-refractivity contribution in [3.8, 4) is 11.3 Å². The zero-order chi connectivity index (χ0) is 21.4. The van der Waals surface area contributed by atoms with E-state index in [1.54, 1.807) is 11.8 Å². The molecule has 1 saturated carbocycles. The fourth-order valence-corrected chi connectivity index (χ4v) is 6.27. The van der Waals surface area contributed by atoms with Gasteiger partial charge in [-0.15, -0.1) is 0 Å². The van der Waals surface area contributed by atoms with Crippen LogP contribution in [0.2, 0.25) is 0 Å². The molecule has 2 aliphatic carbocycles. The second-order valence-electron chi connectivity index (χ2n) is 9.34. The molecule has 1 heterocycles. The smallest absolute Gasteiger partial charge is 0.258 e. The Morgan fingerprint density at radius 2 is 1.71 bits per heavy atom. The zero-order valence-electron chi connectivity index (χ0n) is 18.4. The van der Waals surface area contributed by atoms with Gasteiger partial charge in [0.25, 0.3) is 5.56 Å². The van der Waals surface area contributed by atoms with Gasteiger partial charge >= 0.3 is 0 Å². The SMILES string of the molecule is CC(C)Sc1nc2c(c(=O)n1Cc1ccccc1)C1(CCCCC1)Cc1ccccc1-2. The minimum atomic E-state index is -0.0640. The highest BCUT2D eigenvalue weighted by molar-refractivity contribution is 7.99. The fraction of sp³-hybridized carbons (Fsp3) is 0.407. The van der Waals surface area contributed by atoms with Gasteiger partial charge in [0.1, 0.15) is 0 Å². The lowest BCUT2D eigenvalue weighted by molar-refractivity contribution is 0.282. The molecule has 0 aliphatic heterocycles. The van der Waals surface area contributed by atoms with E-state index in [2.05, 4.69) is 50.2 Å². The van der Waals surface area contributed by atoms with Crippen molar-refractivity contribution < 1.29 is 0 Å². The van der Waals surface area contributed by atoms with Crippen LogP contribution in [0.3, 0.4) is 0 Å². The molecule has 2 aromatic carbocycles. The molecule has 0 bridgehead atoms. The highest BCUT2D eigenvalue weighted by Gasteiger charge is 2.43. The topological polar surface area (TPSA) is 34.9 Å². The standard InChI is InChI=1S/C27H30N2OS/c1-19(2)31-26-28-24-22-14-8-7-13-21(22)17-27(15-9-4-10-16-27)23(24)25(30)29(26)18-20-11-5-3-6-12-20/h3,5-8,11-14,19H,4,9-10,15-18H2,1-2H3. The molecule has 3 nitrogen and oxygen atoms in total. The van der Waals surface area contributed by atoms with Gasteiger partial charge in [-0.2, -0.15) is 0 Å². The molecule has 1 spiro atoms.